The normalized spacial score (nSPS) is 11.1. The molecule has 1 amide bonds. The molecule has 0 atom stereocenters. The first kappa shape index (κ1) is 19.7. The Balaban J connectivity index is 3.47. The number of hydrogen-bond donors (Lipinski definition) is 3. The van der Waals surface area contributed by atoms with Crippen molar-refractivity contribution in [2.75, 3.05) is 13.1 Å². The summed E-state index contributed by atoms with van der Waals surface area (Å²) in [4.78, 5) is 39.9. The van der Waals surface area contributed by atoms with E-state index in [1.165, 1.54) is 6.92 Å². The van der Waals surface area contributed by atoms with Crippen LogP contribution in [-0.2, 0) is 11.2 Å². The fourth-order valence-corrected chi connectivity index (χ4v) is 2.63. The highest BCUT2D eigenvalue weighted by Gasteiger charge is 2.27. The number of aliphatic carboxylic acids is 1. The minimum absolute atomic E-state index is 0.141. The van der Waals surface area contributed by atoms with Gasteiger partial charge in [0.1, 0.15) is 0 Å². The number of aromatic amines is 1. The van der Waals surface area contributed by atoms with Gasteiger partial charge in [0.15, 0.2) is 5.75 Å². The molecule has 1 rings (SSSR count). The van der Waals surface area contributed by atoms with E-state index in [4.69, 9.17) is 5.11 Å². The molecule has 0 aliphatic rings. The van der Waals surface area contributed by atoms with E-state index in [-0.39, 0.29) is 28.7 Å². The number of carboxylic acids is 1. The highest BCUT2D eigenvalue weighted by atomic mass is 16.4. The topological polar surface area (TPSA) is 111 Å². The van der Waals surface area contributed by atoms with Crippen LogP contribution in [0, 0.1) is 18.8 Å². The number of amides is 1. The molecule has 7 nitrogen and oxygen atoms in total. The third-order valence-electron chi connectivity index (χ3n) is 3.51. The van der Waals surface area contributed by atoms with Gasteiger partial charge in [0.05, 0.1) is 12.0 Å². The summed E-state index contributed by atoms with van der Waals surface area (Å²) in [6.07, 6.45) is -0.450. The lowest BCUT2D eigenvalue weighted by Crippen LogP contribution is -2.38. The Morgan fingerprint density at radius 3 is 2.04 bits per heavy atom. The smallest absolute Gasteiger partial charge is 0.307 e. The Morgan fingerprint density at radius 2 is 1.62 bits per heavy atom. The molecule has 134 valence electrons. The summed E-state index contributed by atoms with van der Waals surface area (Å²) in [5.41, 5.74) is -0.585. The standard InChI is InChI=1S/C17H26N2O5/c1-9(2)7-19(8-10(3)4)17(24)14-12(6-13(20)21)11(5)18-16(23)15(14)22/h9-10,22H,6-8H2,1-5H3,(H,18,23)(H,20,21). The quantitative estimate of drug-likeness (QED) is 0.702. The van der Waals surface area contributed by atoms with Gasteiger partial charge in [-0.3, -0.25) is 14.4 Å². The second-order valence-electron chi connectivity index (χ2n) is 6.85. The molecule has 0 fully saturated rings. The number of pyridine rings is 1. The van der Waals surface area contributed by atoms with Gasteiger partial charge in [-0.2, -0.15) is 0 Å². The van der Waals surface area contributed by atoms with E-state index < -0.39 is 29.6 Å². The molecule has 0 aliphatic heterocycles. The lowest BCUT2D eigenvalue weighted by Gasteiger charge is -2.27. The molecule has 1 aromatic rings. The average Bonchev–Trinajstić information content (AvgIpc) is 2.42. The molecule has 1 aromatic heterocycles. The molecule has 24 heavy (non-hydrogen) atoms. The third-order valence-corrected chi connectivity index (χ3v) is 3.51. The maximum Gasteiger partial charge on any atom is 0.307 e. The third kappa shape index (κ3) is 4.84. The molecule has 3 N–H and O–H groups in total. The van der Waals surface area contributed by atoms with Crippen LogP contribution in [0.25, 0.3) is 0 Å². The Morgan fingerprint density at radius 1 is 1.12 bits per heavy atom. The Hall–Kier alpha value is -2.31. The van der Waals surface area contributed by atoms with Gasteiger partial charge in [0.25, 0.3) is 11.5 Å². The number of rotatable bonds is 7. The van der Waals surface area contributed by atoms with Crippen molar-refractivity contribution in [3.63, 3.8) is 0 Å². The van der Waals surface area contributed by atoms with Crippen molar-refractivity contribution >= 4 is 11.9 Å². The fourth-order valence-electron chi connectivity index (χ4n) is 2.63. The first-order valence-electron chi connectivity index (χ1n) is 8.00. The van der Waals surface area contributed by atoms with E-state index in [1.54, 1.807) is 4.90 Å². The molecule has 7 heteroatoms. The molecule has 1 heterocycles. The molecule has 0 unspecified atom stereocenters. The van der Waals surface area contributed by atoms with Crippen molar-refractivity contribution in [3.05, 3.63) is 27.2 Å². The van der Waals surface area contributed by atoms with E-state index in [1.807, 2.05) is 27.7 Å². The van der Waals surface area contributed by atoms with Crippen LogP contribution < -0.4 is 5.56 Å². The number of carbonyl (C=O) groups is 2. The molecule has 0 radical (unpaired) electrons. The number of carboxylic acid groups (broad SMARTS) is 1. The van der Waals surface area contributed by atoms with Gasteiger partial charge in [0.2, 0.25) is 0 Å². The number of aromatic nitrogens is 1. The summed E-state index contributed by atoms with van der Waals surface area (Å²) in [7, 11) is 0. The first-order valence-corrected chi connectivity index (χ1v) is 8.00. The summed E-state index contributed by atoms with van der Waals surface area (Å²) < 4.78 is 0. The molecule has 0 aliphatic carbocycles. The Kier molecular flexibility index (Phi) is 6.57. The van der Waals surface area contributed by atoms with Crippen molar-refractivity contribution in [3.8, 4) is 5.75 Å². The predicted molar refractivity (Wildman–Crippen MR) is 90.4 cm³/mol. The van der Waals surface area contributed by atoms with Crippen LogP contribution in [0.4, 0.5) is 0 Å². The Bertz CT molecular complexity index is 666. The van der Waals surface area contributed by atoms with Gasteiger partial charge in [-0.25, -0.2) is 0 Å². The summed E-state index contributed by atoms with van der Waals surface area (Å²) in [5, 5.41) is 19.2. The van der Waals surface area contributed by atoms with Crippen molar-refractivity contribution < 1.29 is 19.8 Å². The minimum Gasteiger partial charge on any atom is -0.502 e. The van der Waals surface area contributed by atoms with Crippen molar-refractivity contribution in [1.29, 1.82) is 0 Å². The highest BCUT2D eigenvalue weighted by Crippen LogP contribution is 2.23. The Labute approximate surface area is 141 Å². The molecular formula is C17H26N2O5. The number of H-pyrrole nitrogens is 1. The summed E-state index contributed by atoms with van der Waals surface area (Å²) in [6.45, 7) is 10.3. The van der Waals surface area contributed by atoms with Crippen molar-refractivity contribution in [2.24, 2.45) is 11.8 Å². The summed E-state index contributed by atoms with van der Waals surface area (Å²) in [5.74, 6) is -1.99. The molecule has 0 bridgehead atoms. The maximum atomic E-state index is 13.0. The number of aryl methyl sites for hydroxylation is 1. The number of carbonyl (C=O) groups excluding carboxylic acids is 1. The molecular weight excluding hydrogens is 312 g/mol. The monoisotopic (exact) mass is 338 g/mol. The van der Waals surface area contributed by atoms with Crippen LogP contribution in [0.15, 0.2) is 4.79 Å². The number of nitrogens with zero attached hydrogens (tertiary/aromatic N) is 1. The number of hydrogen-bond acceptors (Lipinski definition) is 4. The minimum atomic E-state index is -1.14. The zero-order valence-electron chi connectivity index (χ0n) is 14.8. The fraction of sp³-hybridized carbons (Fsp3) is 0.588. The summed E-state index contributed by atoms with van der Waals surface area (Å²) in [6, 6.07) is 0. The van der Waals surface area contributed by atoms with E-state index in [0.717, 1.165) is 0 Å². The lowest BCUT2D eigenvalue weighted by atomic mass is 10.00. The largest absolute Gasteiger partial charge is 0.502 e. The van der Waals surface area contributed by atoms with Crippen LogP contribution >= 0.6 is 0 Å². The predicted octanol–water partition coefficient (Wildman–Crippen LogP) is 1.77. The van der Waals surface area contributed by atoms with Gasteiger partial charge < -0.3 is 20.1 Å². The molecule has 0 saturated carbocycles. The maximum absolute atomic E-state index is 13.0. The second kappa shape index (κ2) is 7.99. The van der Waals surface area contributed by atoms with Crippen LogP contribution in [0.2, 0.25) is 0 Å². The van der Waals surface area contributed by atoms with Gasteiger partial charge in [-0.15, -0.1) is 0 Å². The zero-order chi connectivity index (χ0) is 18.6. The van der Waals surface area contributed by atoms with Gasteiger partial charge in [0, 0.05) is 18.8 Å². The van der Waals surface area contributed by atoms with Gasteiger partial charge in [-0.1, -0.05) is 27.7 Å². The van der Waals surface area contributed by atoms with Crippen molar-refractivity contribution in [2.45, 2.75) is 41.0 Å². The number of nitrogens with one attached hydrogen (secondary N) is 1. The van der Waals surface area contributed by atoms with Crippen LogP contribution in [-0.4, -0.2) is 45.1 Å². The van der Waals surface area contributed by atoms with Crippen molar-refractivity contribution in [1.82, 2.24) is 9.88 Å². The summed E-state index contributed by atoms with van der Waals surface area (Å²) >= 11 is 0. The second-order valence-corrected chi connectivity index (χ2v) is 6.85. The van der Waals surface area contributed by atoms with Gasteiger partial charge in [-0.05, 0) is 24.3 Å². The zero-order valence-corrected chi connectivity index (χ0v) is 14.8. The van der Waals surface area contributed by atoms with Crippen LogP contribution in [0.5, 0.6) is 5.75 Å². The van der Waals surface area contributed by atoms with Gasteiger partial charge >= 0.3 is 5.97 Å². The highest BCUT2D eigenvalue weighted by molar-refractivity contribution is 5.99. The van der Waals surface area contributed by atoms with Crippen LogP contribution in [0.3, 0.4) is 0 Å². The van der Waals surface area contributed by atoms with E-state index >= 15 is 0 Å². The van der Waals surface area contributed by atoms with E-state index in [9.17, 15) is 19.5 Å². The van der Waals surface area contributed by atoms with E-state index in [0.29, 0.717) is 13.1 Å². The SMILES string of the molecule is Cc1[nH]c(=O)c(O)c(C(=O)N(CC(C)C)CC(C)C)c1CC(=O)O. The lowest BCUT2D eigenvalue weighted by molar-refractivity contribution is -0.136. The average molecular weight is 338 g/mol. The molecule has 0 spiro atoms. The first-order chi connectivity index (χ1) is 11.0. The molecule has 0 aromatic carbocycles. The van der Waals surface area contributed by atoms with E-state index in [2.05, 4.69) is 4.98 Å². The number of aromatic hydroxyl groups is 1. The van der Waals surface area contributed by atoms with Crippen LogP contribution in [0.1, 0.15) is 49.3 Å². The molecule has 0 saturated heterocycles.